The molecule has 0 radical (unpaired) electrons. The predicted octanol–water partition coefficient (Wildman–Crippen LogP) is 3.47. The van der Waals surface area contributed by atoms with Gasteiger partial charge in [-0.15, -0.1) is 0 Å². The van der Waals surface area contributed by atoms with E-state index in [0.29, 0.717) is 5.56 Å². The van der Waals surface area contributed by atoms with Crippen LogP contribution in [-0.4, -0.2) is 28.8 Å². The van der Waals surface area contributed by atoms with Crippen molar-refractivity contribution in [2.45, 2.75) is 18.0 Å². The van der Waals surface area contributed by atoms with Gasteiger partial charge in [0.2, 0.25) is 5.91 Å². The lowest BCUT2D eigenvalue weighted by Gasteiger charge is -2.36. The van der Waals surface area contributed by atoms with Gasteiger partial charge in [-0.25, -0.2) is 4.39 Å². The van der Waals surface area contributed by atoms with E-state index in [9.17, 15) is 19.2 Å². The fraction of sp³-hybridized carbons (Fsp3) is 0.154. The number of nitrogens with two attached hydrogens (primary N) is 1. The van der Waals surface area contributed by atoms with E-state index in [1.807, 2.05) is 35.2 Å². The minimum Gasteiger partial charge on any atom is -0.368 e. The Morgan fingerprint density at radius 1 is 1.09 bits per heavy atom. The lowest BCUT2D eigenvalue weighted by molar-refractivity contribution is -0.125. The number of aromatic nitrogens is 1. The number of nitrogens with zero attached hydrogens (tertiary/aromatic N) is 3. The van der Waals surface area contributed by atoms with Crippen molar-refractivity contribution in [1.29, 1.82) is 5.26 Å². The molecule has 3 heterocycles. The van der Waals surface area contributed by atoms with E-state index in [1.165, 1.54) is 24.3 Å². The van der Waals surface area contributed by atoms with Crippen LogP contribution in [0.2, 0.25) is 0 Å². The van der Waals surface area contributed by atoms with Crippen LogP contribution in [0, 0.1) is 22.6 Å². The lowest BCUT2D eigenvalue weighted by atomic mass is 9.68. The maximum Gasteiger partial charge on any atom is 0.241 e. The first-order valence-electron chi connectivity index (χ1n) is 10.5. The number of hydrogen-bond acceptors (Lipinski definition) is 5. The fourth-order valence-electron chi connectivity index (χ4n) is 5.15. The number of rotatable bonds is 4. The van der Waals surface area contributed by atoms with Crippen molar-refractivity contribution in [1.82, 2.24) is 4.98 Å². The number of carbonyl (C=O) groups is 2. The molecule has 6 nitrogen and oxygen atoms in total. The van der Waals surface area contributed by atoms with Gasteiger partial charge in [0.1, 0.15) is 11.9 Å². The van der Waals surface area contributed by atoms with Crippen LogP contribution < -0.4 is 10.6 Å². The number of benzene rings is 2. The average Bonchev–Trinajstić information content (AvgIpc) is 3.16. The predicted molar refractivity (Wildman–Crippen MR) is 120 cm³/mol. The Labute approximate surface area is 189 Å². The number of carbonyl (C=O) groups excluding carboxylic acids is 2. The largest absolute Gasteiger partial charge is 0.368 e. The summed E-state index contributed by atoms with van der Waals surface area (Å²) in [5, 5.41) is 10.4. The smallest absolute Gasteiger partial charge is 0.241 e. The van der Waals surface area contributed by atoms with E-state index < -0.39 is 35.1 Å². The molecule has 7 heteroatoms. The monoisotopic (exact) mass is 438 g/mol. The number of halogens is 1. The Kier molecular flexibility index (Phi) is 4.79. The molecule has 0 spiro atoms. The number of hydrogen-bond donors (Lipinski definition) is 1. The number of nitriles is 1. The van der Waals surface area contributed by atoms with Crippen LogP contribution in [0.4, 0.5) is 10.1 Å². The van der Waals surface area contributed by atoms with Crippen molar-refractivity contribution >= 4 is 23.5 Å². The molecule has 0 saturated carbocycles. The molecule has 5 rings (SSSR count). The van der Waals surface area contributed by atoms with E-state index >= 15 is 0 Å². The lowest BCUT2D eigenvalue weighted by Crippen LogP contribution is -2.49. The van der Waals surface area contributed by atoms with E-state index in [1.54, 1.807) is 30.6 Å². The van der Waals surface area contributed by atoms with Gasteiger partial charge in [0.05, 0.1) is 12.1 Å². The molecule has 2 aromatic carbocycles. The highest BCUT2D eigenvalue weighted by Gasteiger charge is 2.65. The highest BCUT2D eigenvalue weighted by atomic mass is 19.1. The van der Waals surface area contributed by atoms with Crippen LogP contribution in [-0.2, 0) is 4.79 Å². The minimum atomic E-state index is -1.73. The Bertz CT molecular complexity index is 1320. The molecule has 1 fully saturated rings. The molecule has 2 N–H and O–H groups in total. The molecule has 3 aromatic rings. The number of fused-ring (bicyclic) bond motifs is 3. The summed E-state index contributed by atoms with van der Waals surface area (Å²) >= 11 is 0. The van der Waals surface area contributed by atoms with Crippen LogP contribution in [0.15, 0.2) is 79.1 Å². The Hall–Kier alpha value is -4.31. The second kappa shape index (κ2) is 7.68. The van der Waals surface area contributed by atoms with Gasteiger partial charge in [0, 0.05) is 29.6 Å². The third-order valence-corrected chi connectivity index (χ3v) is 6.58. The summed E-state index contributed by atoms with van der Waals surface area (Å²) in [5.41, 5.74) is 6.59. The maximum atomic E-state index is 14.0. The topological polar surface area (TPSA) is 100 Å². The van der Waals surface area contributed by atoms with E-state index in [0.717, 1.165) is 11.3 Å². The van der Waals surface area contributed by atoms with Crippen molar-refractivity contribution in [3.05, 3.63) is 102 Å². The van der Waals surface area contributed by atoms with Crippen LogP contribution in [0.1, 0.15) is 27.4 Å². The van der Waals surface area contributed by atoms with Gasteiger partial charge in [0.15, 0.2) is 11.2 Å². The Morgan fingerprint density at radius 2 is 1.85 bits per heavy atom. The first-order valence-corrected chi connectivity index (χ1v) is 10.5. The normalized spacial score (nSPS) is 25.1. The highest BCUT2D eigenvalue weighted by molar-refractivity contribution is 6.06. The molecule has 4 atom stereocenters. The molecule has 162 valence electrons. The average molecular weight is 438 g/mol. The summed E-state index contributed by atoms with van der Waals surface area (Å²) in [4.78, 5) is 33.0. The fourth-order valence-corrected chi connectivity index (χ4v) is 5.15. The van der Waals surface area contributed by atoms with Gasteiger partial charge in [-0.05, 0) is 47.5 Å². The molecule has 1 saturated heterocycles. The molecule has 0 bridgehead atoms. The van der Waals surface area contributed by atoms with Crippen LogP contribution in [0.3, 0.4) is 0 Å². The number of para-hydroxylation sites is 1. The summed E-state index contributed by atoms with van der Waals surface area (Å²) in [6.07, 6.45) is 6.74. The van der Waals surface area contributed by atoms with Crippen molar-refractivity contribution < 1.29 is 14.0 Å². The second-order valence-corrected chi connectivity index (χ2v) is 8.20. The third kappa shape index (κ3) is 2.95. The number of Topliss-reactive ketones (excluding diaryl/α,β-unsaturated/α-hetero) is 1. The molecular weight excluding hydrogens is 419 g/mol. The van der Waals surface area contributed by atoms with Crippen LogP contribution >= 0.6 is 0 Å². The molecule has 0 unspecified atom stereocenters. The summed E-state index contributed by atoms with van der Waals surface area (Å²) in [7, 11) is 0. The zero-order valence-corrected chi connectivity index (χ0v) is 17.4. The first-order chi connectivity index (χ1) is 16.0. The van der Waals surface area contributed by atoms with E-state index in [-0.39, 0.29) is 11.3 Å². The highest BCUT2D eigenvalue weighted by Crippen LogP contribution is 2.55. The van der Waals surface area contributed by atoms with Gasteiger partial charge >= 0.3 is 0 Å². The minimum absolute atomic E-state index is 0.277. The summed E-state index contributed by atoms with van der Waals surface area (Å²) < 4.78 is 13.6. The van der Waals surface area contributed by atoms with Crippen molar-refractivity contribution in [2.24, 2.45) is 11.1 Å². The molecule has 1 amide bonds. The van der Waals surface area contributed by atoms with Crippen molar-refractivity contribution in [3.63, 3.8) is 0 Å². The van der Waals surface area contributed by atoms with Gasteiger partial charge < -0.3 is 10.6 Å². The molecule has 2 aliphatic rings. The molecule has 33 heavy (non-hydrogen) atoms. The number of anilines is 1. The van der Waals surface area contributed by atoms with Gasteiger partial charge in [-0.1, -0.05) is 36.4 Å². The summed E-state index contributed by atoms with van der Waals surface area (Å²) in [6.45, 7) is 0. The molecule has 2 aliphatic heterocycles. The zero-order valence-electron chi connectivity index (χ0n) is 17.4. The Balaban J connectivity index is 1.80. The SMILES string of the molecule is N#C[C@@]1(C(N)=O)[C@@H](c2cccnc2)[C@@H](C(=O)c2ccc(F)cc2)N2c3ccccc3C=C[C@@H]21. The first kappa shape index (κ1) is 20.6. The number of amides is 1. The van der Waals surface area contributed by atoms with E-state index in [2.05, 4.69) is 11.1 Å². The van der Waals surface area contributed by atoms with Gasteiger partial charge in [-0.2, -0.15) is 5.26 Å². The Morgan fingerprint density at radius 3 is 2.52 bits per heavy atom. The van der Waals surface area contributed by atoms with Gasteiger partial charge in [-0.3, -0.25) is 14.6 Å². The number of ketones is 1. The van der Waals surface area contributed by atoms with Crippen LogP contribution in [0.5, 0.6) is 0 Å². The third-order valence-electron chi connectivity index (χ3n) is 6.58. The quantitative estimate of drug-likeness (QED) is 0.629. The van der Waals surface area contributed by atoms with Gasteiger partial charge in [0.25, 0.3) is 0 Å². The standard InChI is InChI=1S/C26H19FN4O2/c27-19-10-7-17(8-11-19)24(32)23-22(18-5-3-13-30-14-18)26(15-28,25(29)33)21-12-9-16-4-1-2-6-20(16)31(21)23/h1-14,21-23H,(H2,29,33)/t21-,22+,23+,26+/m1/s1. The molecule has 0 aliphatic carbocycles. The number of primary amides is 1. The van der Waals surface area contributed by atoms with Crippen LogP contribution in [0.25, 0.3) is 6.08 Å². The number of pyridine rings is 1. The summed E-state index contributed by atoms with van der Waals surface area (Å²) in [5.74, 6) is -2.51. The van der Waals surface area contributed by atoms with Crippen molar-refractivity contribution in [3.8, 4) is 6.07 Å². The van der Waals surface area contributed by atoms with Crippen molar-refractivity contribution in [2.75, 3.05) is 4.90 Å². The summed E-state index contributed by atoms with van der Waals surface area (Å²) in [6, 6.07) is 16.6. The zero-order chi connectivity index (χ0) is 23.2. The molecular formula is C26H19FN4O2. The molecule has 1 aromatic heterocycles. The second-order valence-electron chi connectivity index (χ2n) is 8.20. The maximum absolute atomic E-state index is 14.0. The van der Waals surface area contributed by atoms with E-state index in [4.69, 9.17) is 5.73 Å².